The lowest BCUT2D eigenvalue weighted by molar-refractivity contribution is 0.101. The summed E-state index contributed by atoms with van der Waals surface area (Å²) in [5, 5.41) is 7.36. The van der Waals surface area contributed by atoms with Gasteiger partial charge in [0.2, 0.25) is 10.0 Å². The van der Waals surface area contributed by atoms with Crippen LogP contribution in [0.15, 0.2) is 41.6 Å². The molecule has 0 spiro atoms. The minimum absolute atomic E-state index is 0.104. The van der Waals surface area contributed by atoms with Gasteiger partial charge in [-0.3, -0.25) is 9.48 Å². The van der Waals surface area contributed by atoms with Gasteiger partial charge in [-0.1, -0.05) is 17.3 Å². The second-order valence-corrected chi connectivity index (χ2v) is 5.91. The zero-order valence-electron chi connectivity index (χ0n) is 10.9. The van der Waals surface area contributed by atoms with Gasteiger partial charge in [-0.05, 0) is 19.1 Å². The van der Waals surface area contributed by atoms with Gasteiger partial charge in [-0.25, -0.2) is 13.1 Å². The predicted molar refractivity (Wildman–Crippen MR) is 71.7 cm³/mol. The maximum Gasteiger partial charge on any atom is 0.240 e. The number of hydrogen-bond donors (Lipinski definition) is 1. The Bertz CT molecular complexity index is 678. The number of nitrogens with zero attached hydrogens (tertiary/aromatic N) is 3. The van der Waals surface area contributed by atoms with E-state index in [-0.39, 0.29) is 17.2 Å². The minimum Gasteiger partial charge on any atom is -0.295 e. The largest absolute Gasteiger partial charge is 0.295 e. The molecule has 0 saturated heterocycles. The van der Waals surface area contributed by atoms with Gasteiger partial charge in [0.05, 0.1) is 17.6 Å². The molecular formula is C12H14N4O3S. The Morgan fingerprint density at radius 2 is 2.00 bits per heavy atom. The molecule has 0 fully saturated rings. The van der Waals surface area contributed by atoms with Crippen molar-refractivity contribution in [3.8, 4) is 0 Å². The first kappa shape index (κ1) is 14.4. The SMILES string of the molecule is CC(=O)c1ccc(S(=O)(=O)NCCn2ccnn2)cc1. The van der Waals surface area contributed by atoms with Crippen LogP contribution in [-0.4, -0.2) is 35.7 Å². The molecule has 0 amide bonds. The Morgan fingerprint density at radius 1 is 1.30 bits per heavy atom. The maximum atomic E-state index is 12.0. The molecule has 2 aromatic rings. The standard InChI is InChI=1S/C12H14N4O3S/c1-10(17)11-2-4-12(5-3-11)20(18,19)14-7-9-16-8-6-13-15-16/h2-6,8,14H,7,9H2,1H3. The summed E-state index contributed by atoms with van der Waals surface area (Å²) in [5.74, 6) is -0.104. The van der Waals surface area contributed by atoms with E-state index in [1.54, 1.807) is 6.20 Å². The molecule has 0 aliphatic carbocycles. The number of sulfonamides is 1. The van der Waals surface area contributed by atoms with Crippen LogP contribution in [0.3, 0.4) is 0 Å². The van der Waals surface area contributed by atoms with E-state index in [1.807, 2.05) is 0 Å². The van der Waals surface area contributed by atoms with Crippen molar-refractivity contribution in [1.29, 1.82) is 0 Å². The lowest BCUT2D eigenvalue weighted by atomic mass is 10.2. The molecule has 0 saturated carbocycles. The number of hydrogen-bond acceptors (Lipinski definition) is 5. The molecule has 0 aliphatic rings. The van der Waals surface area contributed by atoms with Crippen LogP contribution in [0.4, 0.5) is 0 Å². The van der Waals surface area contributed by atoms with Crippen molar-refractivity contribution in [2.24, 2.45) is 0 Å². The Kier molecular flexibility index (Phi) is 4.26. The summed E-state index contributed by atoms with van der Waals surface area (Å²) in [5.41, 5.74) is 0.478. The van der Waals surface area contributed by atoms with Crippen molar-refractivity contribution < 1.29 is 13.2 Å². The number of nitrogens with one attached hydrogen (secondary N) is 1. The molecule has 0 bridgehead atoms. The summed E-state index contributed by atoms with van der Waals surface area (Å²) in [6.45, 7) is 2.03. The van der Waals surface area contributed by atoms with Crippen LogP contribution in [0, 0.1) is 0 Å². The summed E-state index contributed by atoms with van der Waals surface area (Å²) in [6.07, 6.45) is 3.17. The smallest absolute Gasteiger partial charge is 0.240 e. The molecule has 2 rings (SSSR count). The van der Waals surface area contributed by atoms with Crippen molar-refractivity contribution in [2.45, 2.75) is 18.4 Å². The van der Waals surface area contributed by atoms with Crippen LogP contribution in [0.1, 0.15) is 17.3 Å². The van der Waals surface area contributed by atoms with E-state index in [0.29, 0.717) is 12.1 Å². The van der Waals surface area contributed by atoms with Crippen LogP contribution in [0.25, 0.3) is 0 Å². The van der Waals surface area contributed by atoms with Crippen LogP contribution < -0.4 is 4.72 Å². The average molecular weight is 294 g/mol. The zero-order valence-corrected chi connectivity index (χ0v) is 11.7. The zero-order chi connectivity index (χ0) is 14.6. The third kappa shape index (κ3) is 3.49. The number of carbonyl (C=O) groups is 1. The highest BCUT2D eigenvalue weighted by molar-refractivity contribution is 7.89. The molecule has 0 radical (unpaired) electrons. The lowest BCUT2D eigenvalue weighted by Gasteiger charge is -2.07. The lowest BCUT2D eigenvalue weighted by Crippen LogP contribution is -2.27. The summed E-state index contributed by atoms with van der Waals surface area (Å²) < 4.78 is 28.0. The third-order valence-corrected chi connectivity index (χ3v) is 4.15. The molecule has 0 aliphatic heterocycles. The van der Waals surface area contributed by atoms with E-state index in [9.17, 15) is 13.2 Å². The van der Waals surface area contributed by atoms with E-state index < -0.39 is 10.0 Å². The summed E-state index contributed by atoms with van der Waals surface area (Å²) in [6, 6.07) is 5.81. The second-order valence-electron chi connectivity index (χ2n) is 4.14. The molecule has 1 N–H and O–H groups in total. The van der Waals surface area contributed by atoms with Crippen LogP contribution >= 0.6 is 0 Å². The fourth-order valence-corrected chi connectivity index (χ4v) is 2.62. The first-order chi connectivity index (χ1) is 9.49. The van der Waals surface area contributed by atoms with E-state index in [2.05, 4.69) is 15.0 Å². The number of benzene rings is 1. The average Bonchev–Trinajstić information content (AvgIpc) is 2.92. The van der Waals surface area contributed by atoms with Crippen molar-refractivity contribution in [1.82, 2.24) is 19.7 Å². The fourth-order valence-electron chi connectivity index (χ4n) is 1.60. The predicted octanol–water partition coefficient (Wildman–Crippen LogP) is 0.459. The highest BCUT2D eigenvalue weighted by Gasteiger charge is 2.13. The van der Waals surface area contributed by atoms with Crippen LogP contribution in [0.5, 0.6) is 0 Å². The molecule has 7 nitrogen and oxygen atoms in total. The van der Waals surface area contributed by atoms with Crippen LogP contribution in [0.2, 0.25) is 0 Å². The fraction of sp³-hybridized carbons (Fsp3) is 0.250. The Balaban J connectivity index is 2.00. The quantitative estimate of drug-likeness (QED) is 0.781. The van der Waals surface area contributed by atoms with Crippen molar-refractivity contribution in [3.63, 3.8) is 0 Å². The number of ketones is 1. The number of carbonyl (C=O) groups excluding carboxylic acids is 1. The molecular weight excluding hydrogens is 280 g/mol. The Morgan fingerprint density at radius 3 is 2.55 bits per heavy atom. The molecule has 1 heterocycles. The van der Waals surface area contributed by atoms with E-state index >= 15 is 0 Å². The first-order valence-corrected chi connectivity index (χ1v) is 7.42. The summed E-state index contributed by atoms with van der Waals surface area (Å²) in [4.78, 5) is 11.3. The Hall–Kier alpha value is -2.06. The van der Waals surface area contributed by atoms with Crippen molar-refractivity contribution in [2.75, 3.05) is 6.54 Å². The molecule has 1 aromatic carbocycles. The van der Waals surface area contributed by atoms with Gasteiger partial charge in [0.15, 0.2) is 5.78 Å². The first-order valence-electron chi connectivity index (χ1n) is 5.94. The molecule has 0 unspecified atom stereocenters. The van der Waals surface area contributed by atoms with Crippen molar-refractivity contribution in [3.05, 3.63) is 42.2 Å². The third-order valence-electron chi connectivity index (χ3n) is 2.68. The van der Waals surface area contributed by atoms with Gasteiger partial charge in [-0.15, -0.1) is 5.10 Å². The number of Topliss-reactive ketones (excluding diaryl/α,β-unsaturated/α-hetero) is 1. The van der Waals surface area contributed by atoms with Crippen molar-refractivity contribution >= 4 is 15.8 Å². The van der Waals surface area contributed by atoms with Gasteiger partial charge in [0, 0.05) is 18.3 Å². The van der Waals surface area contributed by atoms with E-state index in [4.69, 9.17) is 0 Å². The van der Waals surface area contributed by atoms with Gasteiger partial charge >= 0.3 is 0 Å². The highest BCUT2D eigenvalue weighted by atomic mass is 32.2. The van der Waals surface area contributed by atoms with E-state index in [1.165, 1.54) is 42.1 Å². The molecule has 0 atom stereocenters. The second kappa shape index (κ2) is 5.93. The van der Waals surface area contributed by atoms with Crippen LogP contribution in [-0.2, 0) is 16.6 Å². The molecule has 8 heteroatoms. The van der Waals surface area contributed by atoms with Gasteiger partial charge in [0.25, 0.3) is 0 Å². The Labute approximate surface area is 116 Å². The maximum absolute atomic E-state index is 12.0. The monoisotopic (exact) mass is 294 g/mol. The molecule has 20 heavy (non-hydrogen) atoms. The summed E-state index contributed by atoms with van der Waals surface area (Å²) >= 11 is 0. The number of aromatic nitrogens is 3. The topological polar surface area (TPSA) is 94.0 Å². The van der Waals surface area contributed by atoms with Gasteiger partial charge < -0.3 is 0 Å². The van der Waals surface area contributed by atoms with E-state index in [0.717, 1.165) is 0 Å². The molecule has 106 valence electrons. The van der Waals surface area contributed by atoms with Gasteiger partial charge in [0.1, 0.15) is 0 Å². The van der Waals surface area contributed by atoms with Gasteiger partial charge in [-0.2, -0.15) is 0 Å². The summed E-state index contributed by atoms with van der Waals surface area (Å²) in [7, 11) is -3.58. The normalized spacial score (nSPS) is 11.4. The highest BCUT2D eigenvalue weighted by Crippen LogP contribution is 2.10. The number of rotatable bonds is 6. The minimum atomic E-state index is -3.58. The molecule has 1 aromatic heterocycles.